The van der Waals surface area contributed by atoms with Gasteiger partial charge < -0.3 is 0 Å². The molecule has 0 spiro atoms. The van der Waals surface area contributed by atoms with Crippen LogP contribution in [0.5, 0.6) is 0 Å². The Bertz CT molecular complexity index is 809. The molecule has 1 saturated heterocycles. The number of anilines is 1. The van der Waals surface area contributed by atoms with Crippen molar-refractivity contribution in [3.63, 3.8) is 0 Å². The Morgan fingerprint density at radius 3 is 2.21 bits per heavy atom. The molecule has 2 amide bonds. The number of nitrogens with zero attached hydrogens (tertiary/aromatic N) is 2. The highest BCUT2D eigenvalue weighted by atomic mass is 16.6. The van der Waals surface area contributed by atoms with Crippen molar-refractivity contribution in [2.24, 2.45) is 35.5 Å². The number of hydrogen-bond acceptors (Lipinski definition) is 4. The van der Waals surface area contributed by atoms with Crippen LogP contribution in [0, 0.1) is 52.5 Å². The lowest BCUT2D eigenvalue weighted by Gasteiger charge is -2.37. The monoisotopic (exact) mass is 324 g/mol. The molecule has 6 heteroatoms. The fourth-order valence-electron chi connectivity index (χ4n) is 5.16. The first kappa shape index (κ1) is 13.9. The van der Waals surface area contributed by atoms with Crippen molar-refractivity contribution >= 4 is 23.2 Å². The van der Waals surface area contributed by atoms with Crippen LogP contribution in [0.1, 0.15) is 12.0 Å². The predicted octanol–water partition coefficient (Wildman–Crippen LogP) is 2.46. The lowest BCUT2D eigenvalue weighted by atomic mass is 9.63. The van der Waals surface area contributed by atoms with Crippen molar-refractivity contribution in [1.29, 1.82) is 0 Å². The minimum Gasteiger partial charge on any atom is -0.274 e. The summed E-state index contributed by atoms with van der Waals surface area (Å²) in [6.07, 6.45) is 5.29. The molecule has 0 aromatic heterocycles. The number of imide groups is 1. The summed E-state index contributed by atoms with van der Waals surface area (Å²) in [7, 11) is 0. The van der Waals surface area contributed by atoms with Crippen molar-refractivity contribution in [2.75, 3.05) is 4.90 Å². The lowest BCUT2D eigenvalue weighted by Crippen LogP contribution is -2.40. The molecule has 2 saturated carbocycles. The summed E-state index contributed by atoms with van der Waals surface area (Å²) in [6, 6.07) is 4.65. The minimum absolute atomic E-state index is 0.114. The second-order valence-electron chi connectivity index (χ2n) is 7.42. The van der Waals surface area contributed by atoms with Crippen LogP contribution in [-0.4, -0.2) is 16.7 Å². The second kappa shape index (κ2) is 4.32. The molecule has 6 nitrogen and oxygen atoms in total. The normalized spacial score (nSPS) is 38.3. The Labute approximate surface area is 138 Å². The summed E-state index contributed by atoms with van der Waals surface area (Å²) in [5.41, 5.74) is 0.661. The topological polar surface area (TPSA) is 80.5 Å². The van der Waals surface area contributed by atoms with E-state index in [1.165, 1.54) is 12.1 Å². The van der Waals surface area contributed by atoms with Crippen molar-refractivity contribution in [3.8, 4) is 0 Å². The summed E-state index contributed by atoms with van der Waals surface area (Å²) in [4.78, 5) is 38.0. The van der Waals surface area contributed by atoms with Gasteiger partial charge in [-0.3, -0.25) is 19.7 Å². The van der Waals surface area contributed by atoms with Crippen LogP contribution in [0.15, 0.2) is 30.4 Å². The van der Waals surface area contributed by atoms with E-state index in [2.05, 4.69) is 12.2 Å². The highest BCUT2D eigenvalue weighted by Gasteiger charge is 2.67. The molecule has 3 fully saturated rings. The number of nitro groups is 1. The van der Waals surface area contributed by atoms with Gasteiger partial charge in [-0.1, -0.05) is 18.2 Å². The number of amides is 2. The maximum atomic E-state index is 13.0. The third-order valence-electron chi connectivity index (χ3n) is 6.23. The first-order chi connectivity index (χ1) is 11.5. The molecule has 0 N–H and O–H groups in total. The van der Waals surface area contributed by atoms with Gasteiger partial charge in [-0.2, -0.15) is 0 Å². The quantitative estimate of drug-likeness (QED) is 0.362. The van der Waals surface area contributed by atoms with Gasteiger partial charge in [0.2, 0.25) is 11.8 Å². The summed E-state index contributed by atoms with van der Waals surface area (Å²) in [6.45, 7) is 1.75. The van der Waals surface area contributed by atoms with Gasteiger partial charge in [-0.25, -0.2) is 4.90 Å². The molecule has 5 aliphatic rings. The number of rotatable bonds is 2. The molecule has 122 valence electrons. The van der Waals surface area contributed by atoms with Crippen LogP contribution < -0.4 is 4.90 Å². The number of carbonyl (C=O) groups excluding carboxylic acids is 2. The van der Waals surface area contributed by atoms with E-state index in [1.807, 2.05) is 0 Å². The molecule has 1 aromatic rings. The predicted molar refractivity (Wildman–Crippen MR) is 85.0 cm³/mol. The molecular weight excluding hydrogens is 308 g/mol. The summed E-state index contributed by atoms with van der Waals surface area (Å²) in [5, 5.41) is 11.4. The van der Waals surface area contributed by atoms with E-state index in [-0.39, 0.29) is 46.9 Å². The molecule has 24 heavy (non-hydrogen) atoms. The Hall–Kier alpha value is -2.50. The SMILES string of the molecule is Cc1ccc(N2C(=O)[C@@H]3[C@H]4C=C[C@@H]([C@@H]5C[C@H]45)[C@@H]3C2=O)c([N+](=O)[O-])c1. The molecule has 6 rings (SSSR count). The molecule has 2 bridgehead atoms. The first-order valence-electron chi connectivity index (χ1n) is 8.30. The van der Waals surface area contributed by atoms with Gasteiger partial charge in [0.15, 0.2) is 0 Å². The molecule has 6 atom stereocenters. The fraction of sp³-hybridized carbons (Fsp3) is 0.444. The van der Waals surface area contributed by atoms with E-state index in [0.29, 0.717) is 11.8 Å². The number of carbonyl (C=O) groups is 2. The van der Waals surface area contributed by atoms with Crippen LogP contribution in [0.2, 0.25) is 0 Å². The van der Waals surface area contributed by atoms with Crippen molar-refractivity contribution < 1.29 is 14.5 Å². The maximum absolute atomic E-state index is 13.0. The Morgan fingerprint density at radius 2 is 1.67 bits per heavy atom. The van der Waals surface area contributed by atoms with Crippen LogP contribution in [0.25, 0.3) is 0 Å². The molecular formula is C18H16N2O4. The Morgan fingerprint density at radius 1 is 1.08 bits per heavy atom. The van der Waals surface area contributed by atoms with Crippen LogP contribution in [0.3, 0.4) is 0 Å². The summed E-state index contributed by atoms with van der Waals surface area (Å²) < 4.78 is 0. The average molecular weight is 324 g/mol. The molecule has 1 heterocycles. The van der Waals surface area contributed by atoms with Crippen LogP contribution in [-0.2, 0) is 9.59 Å². The van der Waals surface area contributed by atoms with Gasteiger partial charge in [-0.05, 0) is 48.6 Å². The average Bonchev–Trinajstić information content (AvgIpc) is 3.33. The summed E-state index contributed by atoms with van der Waals surface area (Å²) in [5.74, 6) is 0.0847. The van der Waals surface area contributed by atoms with E-state index in [0.717, 1.165) is 16.9 Å². The number of allylic oxidation sites excluding steroid dienone is 2. The fourth-order valence-corrected chi connectivity index (χ4v) is 5.16. The lowest BCUT2D eigenvalue weighted by molar-refractivity contribution is -0.384. The van der Waals surface area contributed by atoms with Gasteiger partial charge in [0.1, 0.15) is 5.69 Å². The molecule has 1 aromatic carbocycles. The van der Waals surface area contributed by atoms with Crippen LogP contribution >= 0.6 is 0 Å². The zero-order valence-electron chi connectivity index (χ0n) is 13.1. The highest BCUT2D eigenvalue weighted by Crippen LogP contribution is 2.65. The Kier molecular flexibility index (Phi) is 2.50. The van der Waals surface area contributed by atoms with Crippen molar-refractivity contribution in [3.05, 3.63) is 46.0 Å². The van der Waals surface area contributed by atoms with Crippen molar-refractivity contribution in [1.82, 2.24) is 0 Å². The number of nitro benzene ring substituents is 1. The second-order valence-corrected chi connectivity index (χ2v) is 7.42. The number of aryl methyl sites for hydroxylation is 1. The van der Waals surface area contributed by atoms with Crippen LogP contribution in [0.4, 0.5) is 11.4 Å². The van der Waals surface area contributed by atoms with Gasteiger partial charge in [-0.15, -0.1) is 0 Å². The highest BCUT2D eigenvalue weighted by molar-refractivity contribution is 6.23. The Balaban J connectivity index is 1.61. The third-order valence-corrected chi connectivity index (χ3v) is 6.23. The molecule has 1 aliphatic heterocycles. The van der Waals surface area contributed by atoms with E-state index in [4.69, 9.17) is 0 Å². The van der Waals surface area contributed by atoms with Gasteiger partial charge in [0.05, 0.1) is 16.8 Å². The molecule has 0 radical (unpaired) electrons. The largest absolute Gasteiger partial charge is 0.293 e. The van der Waals surface area contributed by atoms with Gasteiger partial charge >= 0.3 is 0 Å². The number of hydrogen-bond donors (Lipinski definition) is 0. The molecule has 0 unspecified atom stereocenters. The standard InChI is InChI=1S/C18H16N2O4/c1-8-2-5-13(14(6-8)20(23)24)19-17(21)15-9-3-4-10(12-7-11(9)12)16(15)18(19)22/h2-6,9-12,15-16H,7H2,1H3/t9-,10-,11-,12+,15-,16+/m0/s1. The van der Waals surface area contributed by atoms with E-state index in [9.17, 15) is 19.7 Å². The van der Waals surface area contributed by atoms with E-state index < -0.39 is 4.92 Å². The van der Waals surface area contributed by atoms with Gasteiger partial charge in [0, 0.05) is 6.07 Å². The van der Waals surface area contributed by atoms with Gasteiger partial charge in [0.25, 0.3) is 5.69 Å². The van der Waals surface area contributed by atoms with E-state index in [1.54, 1.807) is 13.0 Å². The summed E-state index contributed by atoms with van der Waals surface area (Å²) >= 11 is 0. The first-order valence-corrected chi connectivity index (χ1v) is 8.30. The smallest absolute Gasteiger partial charge is 0.274 e. The molecule has 4 aliphatic carbocycles. The zero-order chi connectivity index (χ0) is 16.7. The van der Waals surface area contributed by atoms with E-state index >= 15 is 0 Å². The maximum Gasteiger partial charge on any atom is 0.293 e. The number of benzene rings is 1. The zero-order valence-corrected chi connectivity index (χ0v) is 13.1. The third kappa shape index (κ3) is 1.56. The minimum atomic E-state index is -0.519. The van der Waals surface area contributed by atoms with Crippen molar-refractivity contribution in [2.45, 2.75) is 13.3 Å².